The average molecular weight is 340 g/mol. The zero-order valence-corrected chi connectivity index (χ0v) is 13.8. The minimum absolute atomic E-state index is 0.232. The average Bonchev–Trinajstić information content (AvgIpc) is 2.63. The first-order valence-electron chi connectivity index (χ1n) is 8.68. The van der Waals surface area contributed by atoms with Crippen molar-refractivity contribution in [2.45, 2.75) is 37.6 Å². The molecular formula is C18H20N4O3. The van der Waals surface area contributed by atoms with Gasteiger partial charge in [0.2, 0.25) is 11.8 Å². The summed E-state index contributed by atoms with van der Waals surface area (Å²) in [5, 5.41) is 6.14. The first-order chi connectivity index (χ1) is 12.1. The fourth-order valence-corrected chi connectivity index (χ4v) is 3.73. The number of carbonyl (C=O) groups excluding carboxylic acids is 2. The lowest BCUT2D eigenvalue weighted by Gasteiger charge is -2.24. The minimum atomic E-state index is -0.675. The molecule has 130 valence electrons. The van der Waals surface area contributed by atoms with Gasteiger partial charge >= 0.3 is 0 Å². The predicted octanol–water partition coefficient (Wildman–Crippen LogP) is 0.841. The van der Waals surface area contributed by atoms with Crippen molar-refractivity contribution >= 4 is 22.7 Å². The van der Waals surface area contributed by atoms with E-state index in [1.54, 1.807) is 0 Å². The number of aromatic nitrogens is 2. The molecule has 3 heterocycles. The van der Waals surface area contributed by atoms with Crippen molar-refractivity contribution in [3.05, 3.63) is 40.4 Å². The van der Waals surface area contributed by atoms with E-state index in [2.05, 4.69) is 15.6 Å². The molecule has 25 heavy (non-hydrogen) atoms. The molecule has 1 atom stereocenters. The van der Waals surface area contributed by atoms with Crippen molar-refractivity contribution in [3.8, 4) is 0 Å². The molecule has 2 aromatic rings. The van der Waals surface area contributed by atoms with E-state index in [9.17, 15) is 14.4 Å². The first-order valence-corrected chi connectivity index (χ1v) is 8.68. The molecule has 1 unspecified atom stereocenters. The van der Waals surface area contributed by atoms with Crippen molar-refractivity contribution in [2.24, 2.45) is 0 Å². The molecule has 0 radical (unpaired) electrons. The van der Waals surface area contributed by atoms with Gasteiger partial charge in [0.1, 0.15) is 6.04 Å². The summed E-state index contributed by atoms with van der Waals surface area (Å²) in [5.74, 6) is -0.245. The van der Waals surface area contributed by atoms with Gasteiger partial charge in [0.25, 0.3) is 5.56 Å². The second kappa shape index (κ2) is 6.40. The normalized spacial score (nSPS) is 22.2. The monoisotopic (exact) mass is 340 g/mol. The van der Waals surface area contributed by atoms with E-state index in [1.165, 1.54) is 16.5 Å². The molecule has 1 aromatic carbocycles. The summed E-state index contributed by atoms with van der Waals surface area (Å²) >= 11 is 0. The van der Waals surface area contributed by atoms with E-state index in [-0.39, 0.29) is 17.9 Å². The summed E-state index contributed by atoms with van der Waals surface area (Å²) < 4.78 is 1.34. The Kier molecular flexibility index (Phi) is 4.09. The van der Waals surface area contributed by atoms with Crippen LogP contribution in [0.1, 0.15) is 43.2 Å². The van der Waals surface area contributed by atoms with E-state index in [0.29, 0.717) is 23.2 Å². The summed E-state index contributed by atoms with van der Waals surface area (Å²) in [4.78, 5) is 40.5. The molecule has 2 amide bonds. The van der Waals surface area contributed by atoms with Gasteiger partial charge in [-0.05, 0) is 56.0 Å². The smallest absolute Gasteiger partial charge is 0.261 e. The summed E-state index contributed by atoms with van der Waals surface area (Å²) in [6, 6.07) is 5.12. The summed E-state index contributed by atoms with van der Waals surface area (Å²) in [7, 11) is 0. The Morgan fingerprint density at radius 3 is 2.64 bits per heavy atom. The Hall–Kier alpha value is -2.54. The fraction of sp³-hybridized carbons (Fsp3) is 0.444. The van der Waals surface area contributed by atoms with Crippen molar-refractivity contribution in [1.29, 1.82) is 0 Å². The Morgan fingerprint density at radius 1 is 1.08 bits per heavy atom. The molecule has 7 heteroatoms. The van der Waals surface area contributed by atoms with Crippen molar-refractivity contribution in [2.75, 3.05) is 13.1 Å². The lowest BCUT2D eigenvalue weighted by atomic mass is 9.90. The van der Waals surface area contributed by atoms with Crippen LogP contribution in [0.3, 0.4) is 0 Å². The van der Waals surface area contributed by atoms with Crippen LogP contribution in [0.5, 0.6) is 0 Å². The summed E-state index contributed by atoms with van der Waals surface area (Å²) in [6.45, 7) is 2.01. The molecule has 2 aliphatic rings. The number of hydrogen-bond donors (Lipinski definition) is 2. The van der Waals surface area contributed by atoms with Crippen LogP contribution in [-0.2, 0) is 9.59 Å². The van der Waals surface area contributed by atoms with Crippen LogP contribution in [0, 0.1) is 0 Å². The molecule has 2 N–H and O–H groups in total. The van der Waals surface area contributed by atoms with E-state index < -0.39 is 11.9 Å². The van der Waals surface area contributed by atoms with E-state index in [0.717, 1.165) is 25.9 Å². The van der Waals surface area contributed by atoms with Gasteiger partial charge in [-0.1, -0.05) is 6.07 Å². The molecule has 0 aliphatic carbocycles. The van der Waals surface area contributed by atoms with Gasteiger partial charge in [-0.2, -0.15) is 0 Å². The van der Waals surface area contributed by atoms with Gasteiger partial charge in [-0.3, -0.25) is 24.3 Å². The van der Waals surface area contributed by atoms with Gasteiger partial charge in [0, 0.05) is 6.42 Å². The second-order valence-electron chi connectivity index (χ2n) is 6.72. The molecule has 2 saturated heterocycles. The highest BCUT2D eigenvalue weighted by molar-refractivity contribution is 5.99. The van der Waals surface area contributed by atoms with Crippen LogP contribution in [0.15, 0.2) is 29.3 Å². The van der Waals surface area contributed by atoms with Crippen LogP contribution in [0.25, 0.3) is 10.9 Å². The maximum atomic E-state index is 12.8. The van der Waals surface area contributed by atoms with Crippen molar-refractivity contribution < 1.29 is 9.59 Å². The number of imide groups is 1. The number of piperidine rings is 2. The zero-order chi connectivity index (χ0) is 17.4. The van der Waals surface area contributed by atoms with Crippen LogP contribution in [0.4, 0.5) is 0 Å². The fourth-order valence-electron chi connectivity index (χ4n) is 3.73. The lowest BCUT2D eigenvalue weighted by Crippen LogP contribution is -2.44. The number of rotatable bonds is 2. The minimum Gasteiger partial charge on any atom is -0.317 e. The molecule has 2 fully saturated rings. The van der Waals surface area contributed by atoms with Crippen molar-refractivity contribution in [3.63, 3.8) is 0 Å². The van der Waals surface area contributed by atoms with Crippen LogP contribution in [-0.4, -0.2) is 34.5 Å². The third-order valence-corrected chi connectivity index (χ3v) is 5.16. The lowest BCUT2D eigenvalue weighted by molar-refractivity contribution is -0.135. The van der Waals surface area contributed by atoms with Gasteiger partial charge < -0.3 is 5.32 Å². The zero-order valence-electron chi connectivity index (χ0n) is 13.8. The molecule has 7 nitrogen and oxygen atoms in total. The highest BCUT2D eigenvalue weighted by atomic mass is 16.2. The van der Waals surface area contributed by atoms with Crippen LogP contribution >= 0.6 is 0 Å². The van der Waals surface area contributed by atoms with E-state index >= 15 is 0 Å². The second-order valence-corrected chi connectivity index (χ2v) is 6.72. The summed E-state index contributed by atoms with van der Waals surface area (Å²) in [6.07, 6.45) is 4.15. The quantitative estimate of drug-likeness (QED) is 0.790. The maximum Gasteiger partial charge on any atom is 0.261 e. The largest absolute Gasteiger partial charge is 0.317 e. The third kappa shape index (κ3) is 2.95. The number of benzene rings is 1. The van der Waals surface area contributed by atoms with Gasteiger partial charge in [0.05, 0.1) is 17.2 Å². The topological polar surface area (TPSA) is 93.1 Å². The molecule has 0 saturated carbocycles. The third-order valence-electron chi connectivity index (χ3n) is 5.16. The molecule has 1 aromatic heterocycles. The highest BCUT2D eigenvalue weighted by Gasteiger charge is 2.29. The first kappa shape index (κ1) is 16.0. The van der Waals surface area contributed by atoms with Crippen LogP contribution < -0.4 is 16.2 Å². The maximum absolute atomic E-state index is 12.8. The molecule has 4 rings (SSSR count). The van der Waals surface area contributed by atoms with Gasteiger partial charge in [-0.15, -0.1) is 0 Å². The SMILES string of the molecule is O=C1CCC(n2cnc3cc(C4CCNCC4)ccc3c2=O)C(=O)N1. The van der Waals surface area contributed by atoms with Crippen molar-refractivity contribution in [1.82, 2.24) is 20.2 Å². The molecular weight excluding hydrogens is 320 g/mol. The molecule has 0 bridgehead atoms. The highest BCUT2D eigenvalue weighted by Crippen LogP contribution is 2.27. The summed E-state index contributed by atoms with van der Waals surface area (Å²) in [5.41, 5.74) is 1.63. The number of fused-ring (bicyclic) bond motifs is 1. The number of carbonyl (C=O) groups is 2. The Bertz CT molecular complexity index is 899. The Labute approximate surface area is 144 Å². The van der Waals surface area contributed by atoms with E-state index in [4.69, 9.17) is 0 Å². The molecule has 2 aliphatic heterocycles. The number of amides is 2. The van der Waals surface area contributed by atoms with Crippen LogP contribution in [0.2, 0.25) is 0 Å². The molecule has 0 spiro atoms. The van der Waals surface area contributed by atoms with Gasteiger partial charge in [0.15, 0.2) is 0 Å². The standard InChI is InChI=1S/C18H20N4O3/c23-16-4-3-15(17(24)21-16)22-10-20-14-9-12(1-2-13(14)18(22)25)11-5-7-19-8-6-11/h1-2,9-11,15,19H,3-8H2,(H,21,23,24). The number of nitrogens with zero attached hydrogens (tertiary/aromatic N) is 2. The van der Waals surface area contributed by atoms with E-state index in [1.807, 2.05) is 18.2 Å². The predicted molar refractivity (Wildman–Crippen MR) is 92.3 cm³/mol. The Morgan fingerprint density at radius 2 is 1.88 bits per heavy atom. The Balaban J connectivity index is 1.70. The number of hydrogen-bond acceptors (Lipinski definition) is 5. The number of nitrogens with one attached hydrogen (secondary N) is 2. The van der Waals surface area contributed by atoms with Gasteiger partial charge in [-0.25, -0.2) is 4.98 Å².